The van der Waals surface area contributed by atoms with Crippen molar-refractivity contribution in [1.82, 2.24) is 30.1 Å². The molecule has 0 radical (unpaired) electrons. The van der Waals surface area contributed by atoms with Crippen LogP contribution >= 0.6 is 11.3 Å². The van der Waals surface area contributed by atoms with E-state index in [1.807, 2.05) is 6.07 Å². The molecule has 0 unspecified atom stereocenters. The predicted molar refractivity (Wildman–Crippen MR) is 118 cm³/mol. The highest BCUT2D eigenvalue weighted by molar-refractivity contribution is 7.89. The molecule has 1 aliphatic rings. The Morgan fingerprint density at radius 2 is 1.97 bits per heavy atom. The van der Waals surface area contributed by atoms with Gasteiger partial charge < -0.3 is 19.9 Å². The number of hydrogen-bond donors (Lipinski definition) is 1. The molecule has 0 saturated carbocycles. The smallest absolute Gasteiger partial charge is 0.242 e. The zero-order chi connectivity index (χ0) is 22.3. The second-order valence-electron chi connectivity index (χ2n) is 7.18. The lowest BCUT2D eigenvalue weighted by atomic mass is 10.3. The van der Waals surface area contributed by atoms with Crippen molar-refractivity contribution in [3.05, 3.63) is 24.2 Å². The monoisotopic (exact) mass is 474 g/mol. The molecule has 166 valence electrons. The van der Waals surface area contributed by atoms with Crippen LogP contribution in [0.3, 0.4) is 0 Å². The van der Waals surface area contributed by atoms with Gasteiger partial charge in [-0.3, -0.25) is 0 Å². The summed E-state index contributed by atoms with van der Waals surface area (Å²) in [6.07, 6.45) is 2.67. The Hall–Kier alpha value is -3.23. The van der Waals surface area contributed by atoms with Crippen LogP contribution in [-0.4, -0.2) is 71.1 Å². The van der Waals surface area contributed by atoms with Gasteiger partial charge in [-0.1, -0.05) is 5.16 Å². The molecule has 12 nitrogen and oxygen atoms in total. The number of hydrogen-bond acceptors (Lipinski definition) is 13. The van der Waals surface area contributed by atoms with Crippen LogP contribution < -0.4 is 10.6 Å². The van der Waals surface area contributed by atoms with Crippen LogP contribution in [0, 0.1) is 0 Å². The van der Waals surface area contributed by atoms with E-state index in [1.54, 1.807) is 12.3 Å². The first-order chi connectivity index (χ1) is 15.4. The summed E-state index contributed by atoms with van der Waals surface area (Å²) in [7, 11) is -3.29. The highest BCUT2D eigenvalue weighted by Crippen LogP contribution is 2.37. The number of thiophene rings is 1. The fourth-order valence-electron chi connectivity index (χ4n) is 3.27. The van der Waals surface area contributed by atoms with E-state index >= 15 is 0 Å². The minimum atomic E-state index is -3.29. The van der Waals surface area contributed by atoms with Gasteiger partial charge in [-0.2, -0.15) is 4.98 Å². The lowest BCUT2D eigenvalue weighted by Gasteiger charge is -2.28. The molecule has 0 aromatic carbocycles. The molecule has 5 rings (SSSR count). The lowest BCUT2D eigenvalue weighted by molar-refractivity contribution is 0.122. The van der Waals surface area contributed by atoms with Gasteiger partial charge in [0.05, 0.1) is 28.3 Å². The number of morpholine rings is 1. The van der Waals surface area contributed by atoms with Gasteiger partial charge in [-0.15, -0.1) is 11.3 Å². The van der Waals surface area contributed by atoms with E-state index in [9.17, 15) is 8.42 Å². The van der Waals surface area contributed by atoms with Gasteiger partial charge in [-0.25, -0.2) is 28.4 Å². The Morgan fingerprint density at radius 3 is 2.72 bits per heavy atom. The van der Waals surface area contributed by atoms with E-state index in [1.165, 1.54) is 11.3 Å². The maximum atomic E-state index is 11.5. The molecule has 0 atom stereocenters. The predicted octanol–water partition coefficient (Wildman–Crippen LogP) is 1.16. The van der Waals surface area contributed by atoms with E-state index in [0.29, 0.717) is 54.0 Å². The van der Waals surface area contributed by atoms with Gasteiger partial charge >= 0.3 is 0 Å². The minimum Gasteiger partial charge on any atom is -0.378 e. The largest absolute Gasteiger partial charge is 0.378 e. The summed E-state index contributed by atoms with van der Waals surface area (Å²) >= 11 is 1.41. The van der Waals surface area contributed by atoms with E-state index in [0.717, 1.165) is 16.8 Å². The molecule has 1 fully saturated rings. The fourth-order valence-corrected chi connectivity index (χ4v) is 4.87. The molecule has 32 heavy (non-hydrogen) atoms. The third-order valence-electron chi connectivity index (χ3n) is 4.64. The summed E-state index contributed by atoms with van der Waals surface area (Å²) in [5, 5.41) is 3.94. The molecule has 0 spiro atoms. The molecule has 1 saturated heterocycles. The number of anilines is 2. The summed E-state index contributed by atoms with van der Waals surface area (Å²) in [4.78, 5) is 24.7. The SMILES string of the molecule is CS(=O)(=O)Cc1nc(-c2cc3nc(-c4ccnc(N)n4)nc(N4CCOCC4)c3s2)no1. The zero-order valence-corrected chi connectivity index (χ0v) is 18.6. The van der Waals surface area contributed by atoms with Crippen LogP contribution in [0.5, 0.6) is 0 Å². The molecule has 4 aromatic heterocycles. The van der Waals surface area contributed by atoms with Crippen molar-refractivity contribution in [1.29, 1.82) is 0 Å². The Morgan fingerprint density at radius 1 is 1.16 bits per heavy atom. The van der Waals surface area contributed by atoms with Crippen LogP contribution in [0.15, 0.2) is 22.9 Å². The average Bonchev–Trinajstić information content (AvgIpc) is 3.39. The number of ether oxygens (including phenoxy) is 1. The van der Waals surface area contributed by atoms with Crippen molar-refractivity contribution in [2.24, 2.45) is 0 Å². The first-order valence-electron chi connectivity index (χ1n) is 9.59. The van der Waals surface area contributed by atoms with E-state index < -0.39 is 9.84 Å². The van der Waals surface area contributed by atoms with Crippen molar-refractivity contribution in [3.63, 3.8) is 0 Å². The zero-order valence-electron chi connectivity index (χ0n) is 16.9. The van der Waals surface area contributed by atoms with E-state index in [4.69, 9.17) is 20.0 Å². The molecule has 1 aliphatic heterocycles. The van der Waals surface area contributed by atoms with Gasteiger partial charge in [-0.05, 0) is 12.1 Å². The first kappa shape index (κ1) is 20.7. The van der Waals surface area contributed by atoms with Crippen LogP contribution in [0.2, 0.25) is 0 Å². The fraction of sp³-hybridized carbons (Fsp3) is 0.333. The first-order valence-corrected chi connectivity index (χ1v) is 12.5. The summed E-state index contributed by atoms with van der Waals surface area (Å²) in [6, 6.07) is 3.53. The molecule has 4 aromatic rings. The quantitative estimate of drug-likeness (QED) is 0.440. The minimum absolute atomic E-state index is 0.0385. The van der Waals surface area contributed by atoms with Crippen molar-refractivity contribution >= 4 is 43.2 Å². The Kier molecular flexibility index (Phi) is 5.19. The van der Waals surface area contributed by atoms with Crippen molar-refractivity contribution in [3.8, 4) is 22.2 Å². The molecule has 14 heteroatoms. The average molecular weight is 475 g/mol. The summed E-state index contributed by atoms with van der Waals surface area (Å²) in [6.45, 7) is 2.56. The second kappa shape index (κ2) is 8.03. The van der Waals surface area contributed by atoms with Gasteiger partial charge in [0.15, 0.2) is 21.5 Å². The molecule has 0 aliphatic carbocycles. The van der Waals surface area contributed by atoms with Crippen molar-refractivity contribution < 1.29 is 17.7 Å². The molecular formula is C18H18N8O4S2. The highest BCUT2D eigenvalue weighted by Gasteiger charge is 2.22. The van der Waals surface area contributed by atoms with Gasteiger partial charge in [0.1, 0.15) is 11.4 Å². The highest BCUT2D eigenvalue weighted by atomic mass is 32.2. The maximum Gasteiger partial charge on any atom is 0.242 e. The summed E-state index contributed by atoms with van der Waals surface area (Å²) < 4.78 is 34.5. The normalized spacial score (nSPS) is 14.8. The summed E-state index contributed by atoms with van der Waals surface area (Å²) in [5.41, 5.74) is 6.94. The molecule has 5 heterocycles. The number of fused-ring (bicyclic) bond motifs is 1. The molecule has 2 N–H and O–H groups in total. The van der Waals surface area contributed by atoms with Crippen LogP contribution in [-0.2, 0) is 20.3 Å². The number of rotatable bonds is 5. The van der Waals surface area contributed by atoms with E-state index in [2.05, 4.69) is 30.0 Å². The van der Waals surface area contributed by atoms with E-state index in [-0.39, 0.29) is 17.6 Å². The topological polar surface area (TPSA) is 163 Å². The second-order valence-corrected chi connectivity index (χ2v) is 10.4. The number of nitrogens with two attached hydrogens (primary N) is 1. The van der Waals surface area contributed by atoms with Gasteiger partial charge in [0, 0.05) is 25.5 Å². The van der Waals surface area contributed by atoms with Crippen LogP contribution in [0.1, 0.15) is 5.89 Å². The summed E-state index contributed by atoms with van der Waals surface area (Å²) in [5.74, 6) is 1.33. The molecular weight excluding hydrogens is 456 g/mol. The number of aromatic nitrogens is 6. The number of nitrogen functional groups attached to an aromatic ring is 1. The Balaban J connectivity index is 1.62. The standard InChI is InChI=1S/C18H18N8O4S2/c1-32(27,28)9-13-23-16(25-30-13)12-8-11-14(31-12)17(26-4-6-29-7-5-26)24-15(21-11)10-2-3-20-18(19)22-10/h2-3,8H,4-7,9H2,1H3,(H2,19,20,22). The number of sulfone groups is 1. The Bertz CT molecular complexity index is 1400. The van der Waals surface area contributed by atoms with Crippen LogP contribution in [0.25, 0.3) is 32.4 Å². The van der Waals surface area contributed by atoms with Gasteiger partial charge in [0.2, 0.25) is 17.7 Å². The van der Waals surface area contributed by atoms with Crippen molar-refractivity contribution in [2.75, 3.05) is 43.2 Å². The number of nitrogens with zero attached hydrogens (tertiary/aromatic N) is 7. The third kappa shape index (κ3) is 4.24. The molecule has 0 amide bonds. The molecule has 0 bridgehead atoms. The maximum absolute atomic E-state index is 11.5. The van der Waals surface area contributed by atoms with Crippen LogP contribution in [0.4, 0.5) is 11.8 Å². The third-order valence-corrected chi connectivity index (χ3v) is 6.53. The van der Waals surface area contributed by atoms with Crippen molar-refractivity contribution in [2.45, 2.75) is 5.75 Å². The van der Waals surface area contributed by atoms with Gasteiger partial charge in [0.25, 0.3) is 0 Å². The Labute approximate surface area is 186 Å². The lowest BCUT2D eigenvalue weighted by Crippen LogP contribution is -2.36.